The van der Waals surface area contributed by atoms with Gasteiger partial charge in [-0.2, -0.15) is 0 Å². The van der Waals surface area contributed by atoms with Crippen molar-refractivity contribution in [3.8, 4) is 33.4 Å². The fourth-order valence-electron chi connectivity index (χ4n) is 7.51. The molecule has 240 valence electrons. The van der Waals surface area contributed by atoms with E-state index < -0.39 is 0 Å². The molecule has 0 unspecified atom stereocenters. The van der Waals surface area contributed by atoms with E-state index in [-0.39, 0.29) is 0 Å². The monoisotopic (exact) mass is 653 g/mol. The van der Waals surface area contributed by atoms with Crippen molar-refractivity contribution < 1.29 is 8.83 Å². The maximum absolute atomic E-state index is 6.78. The molecule has 10 aromatic rings. The molecule has 0 aliphatic carbocycles. The SMILES string of the molecule is c1ccc(-c2ccc(N(c3ccc(-c4cccc5oc6ccccc6c45)cc3)c3ccc(-c4ccccc4)c4c3oc3ccccc34)cc2)cc1. The van der Waals surface area contributed by atoms with E-state index in [9.17, 15) is 0 Å². The van der Waals surface area contributed by atoms with Gasteiger partial charge in [-0.1, -0.05) is 140 Å². The van der Waals surface area contributed by atoms with Crippen molar-refractivity contribution in [2.75, 3.05) is 4.90 Å². The number of hydrogen-bond donors (Lipinski definition) is 0. The number of fused-ring (bicyclic) bond motifs is 6. The van der Waals surface area contributed by atoms with Crippen LogP contribution in [0.4, 0.5) is 17.1 Å². The zero-order chi connectivity index (χ0) is 33.7. The molecule has 10 rings (SSSR count). The Morgan fingerprint density at radius 3 is 1.49 bits per heavy atom. The molecule has 0 fully saturated rings. The van der Waals surface area contributed by atoms with E-state index in [1.54, 1.807) is 0 Å². The van der Waals surface area contributed by atoms with Crippen molar-refractivity contribution in [2.45, 2.75) is 0 Å². The molecule has 0 atom stereocenters. The van der Waals surface area contributed by atoms with Gasteiger partial charge in [0.1, 0.15) is 16.7 Å². The zero-order valence-corrected chi connectivity index (χ0v) is 27.7. The Morgan fingerprint density at radius 2 is 0.804 bits per heavy atom. The first-order valence-corrected chi connectivity index (χ1v) is 17.3. The van der Waals surface area contributed by atoms with Crippen molar-refractivity contribution in [3.63, 3.8) is 0 Å². The lowest BCUT2D eigenvalue weighted by Gasteiger charge is -2.26. The van der Waals surface area contributed by atoms with Gasteiger partial charge in [0.2, 0.25) is 0 Å². The molecule has 2 aromatic heterocycles. The number of benzene rings is 8. The largest absolute Gasteiger partial charge is 0.456 e. The molecule has 51 heavy (non-hydrogen) atoms. The lowest BCUT2D eigenvalue weighted by molar-refractivity contribution is 0.668. The van der Waals surface area contributed by atoms with Crippen LogP contribution < -0.4 is 4.90 Å². The van der Waals surface area contributed by atoms with E-state index in [2.05, 4.69) is 169 Å². The molecule has 0 saturated carbocycles. The maximum atomic E-state index is 6.78. The quantitative estimate of drug-likeness (QED) is 0.179. The zero-order valence-electron chi connectivity index (χ0n) is 27.7. The minimum Gasteiger partial charge on any atom is -0.456 e. The summed E-state index contributed by atoms with van der Waals surface area (Å²) in [6.45, 7) is 0. The van der Waals surface area contributed by atoms with Gasteiger partial charge in [-0.3, -0.25) is 0 Å². The average Bonchev–Trinajstić information content (AvgIpc) is 3.79. The van der Waals surface area contributed by atoms with E-state index in [1.165, 1.54) is 11.1 Å². The molecule has 0 saturated heterocycles. The predicted octanol–water partition coefficient (Wildman–Crippen LogP) is 14.0. The summed E-state index contributed by atoms with van der Waals surface area (Å²) in [7, 11) is 0. The van der Waals surface area contributed by atoms with Gasteiger partial charge in [0, 0.05) is 32.9 Å². The van der Waals surface area contributed by atoms with Gasteiger partial charge in [0.15, 0.2) is 5.58 Å². The molecule has 3 heteroatoms. The average molecular weight is 654 g/mol. The molecule has 0 aliphatic rings. The number of rotatable bonds is 6. The van der Waals surface area contributed by atoms with Crippen molar-refractivity contribution in [2.24, 2.45) is 0 Å². The molecule has 2 heterocycles. The Balaban J connectivity index is 1.17. The Morgan fingerprint density at radius 1 is 0.314 bits per heavy atom. The van der Waals surface area contributed by atoms with Crippen LogP contribution in [0.3, 0.4) is 0 Å². The number of furan rings is 2. The van der Waals surface area contributed by atoms with E-state index in [4.69, 9.17) is 8.83 Å². The van der Waals surface area contributed by atoms with Gasteiger partial charge in [0.05, 0.1) is 5.69 Å². The minimum atomic E-state index is 0.850. The Labute approximate surface area is 295 Å². The molecule has 0 bridgehead atoms. The summed E-state index contributed by atoms with van der Waals surface area (Å²) in [5, 5.41) is 4.46. The molecule has 0 radical (unpaired) electrons. The summed E-state index contributed by atoms with van der Waals surface area (Å²) in [4.78, 5) is 2.31. The third-order valence-electron chi connectivity index (χ3n) is 9.90. The molecule has 8 aromatic carbocycles. The number of para-hydroxylation sites is 2. The summed E-state index contributed by atoms with van der Waals surface area (Å²) in [5.41, 5.74) is 13.5. The number of hydrogen-bond acceptors (Lipinski definition) is 3. The van der Waals surface area contributed by atoms with Crippen molar-refractivity contribution in [1.82, 2.24) is 0 Å². The molecule has 0 aliphatic heterocycles. The van der Waals surface area contributed by atoms with Crippen molar-refractivity contribution in [1.29, 1.82) is 0 Å². The lowest BCUT2D eigenvalue weighted by atomic mass is 9.97. The standard InChI is InChI=1S/C48H31NO2/c1-3-12-32(13-4-1)33-22-26-36(27-23-33)49(37-28-24-35(25-29-37)38-18-11-21-45-46(38)40-16-7-9-19-43(40)50-45)42-31-30-39(34-14-5-2-6-15-34)47-41-17-8-10-20-44(41)51-48(42)47/h1-31H. The van der Waals surface area contributed by atoms with Crippen LogP contribution in [0.15, 0.2) is 197 Å². The summed E-state index contributed by atoms with van der Waals surface area (Å²) in [6.07, 6.45) is 0. The van der Waals surface area contributed by atoms with Crippen LogP contribution in [-0.4, -0.2) is 0 Å². The summed E-state index contributed by atoms with van der Waals surface area (Å²) in [6, 6.07) is 66.1. The van der Waals surface area contributed by atoms with Crippen LogP contribution in [-0.2, 0) is 0 Å². The highest BCUT2D eigenvalue weighted by molar-refractivity contribution is 6.17. The third-order valence-corrected chi connectivity index (χ3v) is 9.90. The van der Waals surface area contributed by atoms with Crippen molar-refractivity contribution >= 4 is 60.9 Å². The molecule has 0 spiro atoms. The first-order chi connectivity index (χ1) is 25.3. The van der Waals surface area contributed by atoms with Crippen LogP contribution in [0.25, 0.3) is 77.3 Å². The van der Waals surface area contributed by atoms with Gasteiger partial charge in [0.25, 0.3) is 0 Å². The molecule has 0 N–H and O–H groups in total. The summed E-state index contributed by atoms with van der Waals surface area (Å²) < 4.78 is 13.0. The second-order valence-electron chi connectivity index (χ2n) is 12.9. The fraction of sp³-hybridized carbons (Fsp3) is 0. The Kier molecular flexibility index (Phi) is 6.81. The summed E-state index contributed by atoms with van der Waals surface area (Å²) in [5.74, 6) is 0. The molecular weight excluding hydrogens is 623 g/mol. The first kappa shape index (κ1) is 29.1. The van der Waals surface area contributed by atoms with E-state index >= 15 is 0 Å². The highest BCUT2D eigenvalue weighted by atomic mass is 16.3. The van der Waals surface area contributed by atoms with Crippen LogP contribution in [0, 0.1) is 0 Å². The van der Waals surface area contributed by atoms with Gasteiger partial charge in [-0.15, -0.1) is 0 Å². The maximum Gasteiger partial charge on any atom is 0.160 e. The van der Waals surface area contributed by atoms with Crippen LogP contribution in [0.1, 0.15) is 0 Å². The molecule has 0 amide bonds. The normalized spacial score (nSPS) is 11.5. The highest BCUT2D eigenvalue weighted by Gasteiger charge is 2.22. The van der Waals surface area contributed by atoms with E-state index in [1.807, 2.05) is 24.3 Å². The van der Waals surface area contributed by atoms with E-state index in [0.29, 0.717) is 0 Å². The smallest absolute Gasteiger partial charge is 0.160 e. The van der Waals surface area contributed by atoms with Crippen LogP contribution in [0.2, 0.25) is 0 Å². The lowest BCUT2D eigenvalue weighted by Crippen LogP contribution is -2.10. The van der Waals surface area contributed by atoms with Gasteiger partial charge < -0.3 is 13.7 Å². The number of anilines is 3. The fourth-order valence-corrected chi connectivity index (χ4v) is 7.51. The second kappa shape index (κ2) is 11.9. The summed E-state index contributed by atoms with van der Waals surface area (Å²) >= 11 is 0. The van der Waals surface area contributed by atoms with Crippen molar-refractivity contribution in [3.05, 3.63) is 188 Å². The Bertz CT molecular complexity index is 2830. The number of nitrogens with zero attached hydrogens (tertiary/aromatic N) is 1. The van der Waals surface area contributed by atoms with Gasteiger partial charge in [-0.25, -0.2) is 0 Å². The minimum absolute atomic E-state index is 0.850. The third kappa shape index (κ3) is 4.90. The van der Waals surface area contributed by atoms with Gasteiger partial charge >= 0.3 is 0 Å². The molecule has 3 nitrogen and oxygen atoms in total. The van der Waals surface area contributed by atoms with E-state index in [0.717, 1.165) is 83.2 Å². The predicted molar refractivity (Wildman–Crippen MR) is 212 cm³/mol. The highest BCUT2D eigenvalue weighted by Crippen LogP contribution is 2.46. The second-order valence-corrected chi connectivity index (χ2v) is 12.9. The molecular formula is C48H31NO2. The van der Waals surface area contributed by atoms with Gasteiger partial charge in [-0.05, 0) is 81.9 Å². The van der Waals surface area contributed by atoms with Crippen LogP contribution in [0.5, 0.6) is 0 Å². The first-order valence-electron chi connectivity index (χ1n) is 17.3. The Hall–Kier alpha value is -6.84. The van der Waals surface area contributed by atoms with Crippen LogP contribution >= 0.6 is 0 Å². The topological polar surface area (TPSA) is 29.5 Å².